The van der Waals surface area contributed by atoms with Gasteiger partial charge in [-0.2, -0.15) is 0 Å². The van der Waals surface area contributed by atoms with Gasteiger partial charge in [-0.05, 0) is 51.4 Å². The third-order valence-electron chi connectivity index (χ3n) is 15.3. The number of esters is 1. The van der Waals surface area contributed by atoms with E-state index in [1.165, 1.54) is 276 Å². The van der Waals surface area contributed by atoms with E-state index in [-0.39, 0.29) is 18.5 Å². The molecule has 426 valence electrons. The fourth-order valence-electron chi connectivity index (χ4n) is 10.2. The average molecular weight is 1010 g/mol. The van der Waals surface area contributed by atoms with Crippen molar-refractivity contribution in [1.82, 2.24) is 5.32 Å². The molecule has 0 radical (unpaired) electrons. The zero-order valence-electron chi connectivity index (χ0n) is 48.7. The Hall–Kier alpha value is -1.66. The molecule has 72 heavy (non-hydrogen) atoms. The standard InChI is InChI=1S/C66H127NO5/c1-3-5-7-9-11-13-15-17-34-38-42-46-50-54-58-64(69)63(62-68)67-65(70)59-55-51-47-43-39-35-32-30-28-26-24-22-20-19-21-23-25-27-29-31-33-37-41-45-49-53-57-61-72-66(71)60-56-52-48-44-40-36-18-16-14-12-10-8-6-4-2/h10,12,16,18,63-64,68-69H,3-9,11,13-15,17,19-62H2,1-2H3,(H,67,70)/b12-10-,18-16-. The second kappa shape index (κ2) is 61.9. The topological polar surface area (TPSA) is 95.9 Å². The molecule has 0 heterocycles. The van der Waals surface area contributed by atoms with Crippen molar-refractivity contribution in [3.8, 4) is 0 Å². The summed E-state index contributed by atoms with van der Waals surface area (Å²) in [5, 5.41) is 23.3. The lowest BCUT2D eigenvalue weighted by molar-refractivity contribution is -0.143. The van der Waals surface area contributed by atoms with Gasteiger partial charge in [-0.25, -0.2) is 0 Å². The van der Waals surface area contributed by atoms with Crippen LogP contribution >= 0.6 is 0 Å². The number of unbranched alkanes of at least 4 members (excludes halogenated alkanes) is 46. The van der Waals surface area contributed by atoms with Crippen LogP contribution in [0.15, 0.2) is 24.3 Å². The molecule has 6 heteroatoms. The first-order valence-electron chi connectivity index (χ1n) is 32.6. The lowest BCUT2D eigenvalue weighted by atomic mass is 10.0. The van der Waals surface area contributed by atoms with Crippen molar-refractivity contribution in [2.24, 2.45) is 0 Å². The van der Waals surface area contributed by atoms with E-state index in [0.717, 1.165) is 51.4 Å². The third kappa shape index (κ3) is 57.6. The lowest BCUT2D eigenvalue weighted by Gasteiger charge is -2.22. The molecule has 0 aromatic rings. The Morgan fingerprint density at radius 2 is 0.708 bits per heavy atom. The first-order valence-corrected chi connectivity index (χ1v) is 32.6. The zero-order valence-corrected chi connectivity index (χ0v) is 48.7. The van der Waals surface area contributed by atoms with Crippen molar-refractivity contribution >= 4 is 11.9 Å². The van der Waals surface area contributed by atoms with Crippen LogP contribution in [0.1, 0.15) is 361 Å². The molecule has 0 aliphatic rings. The van der Waals surface area contributed by atoms with Crippen molar-refractivity contribution in [1.29, 1.82) is 0 Å². The van der Waals surface area contributed by atoms with E-state index in [2.05, 4.69) is 43.5 Å². The number of aliphatic hydroxyl groups is 2. The van der Waals surface area contributed by atoms with Crippen molar-refractivity contribution < 1.29 is 24.5 Å². The molecule has 0 rings (SSSR count). The molecule has 0 spiro atoms. The van der Waals surface area contributed by atoms with Crippen LogP contribution in [0.2, 0.25) is 0 Å². The predicted molar refractivity (Wildman–Crippen MR) is 315 cm³/mol. The van der Waals surface area contributed by atoms with E-state index in [0.29, 0.717) is 25.9 Å². The maximum atomic E-state index is 12.5. The minimum absolute atomic E-state index is 0.00378. The predicted octanol–water partition coefficient (Wildman–Crippen LogP) is 20.6. The molecule has 0 aliphatic heterocycles. The number of nitrogens with one attached hydrogen (secondary N) is 1. The number of hydrogen-bond acceptors (Lipinski definition) is 5. The number of carbonyl (C=O) groups is 2. The Kier molecular flexibility index (Phi) is 60.5. The van der Waals surface area contributed by atoms with Gasteiger partial charge in [0.25, 0.3) is 0 Å². The van der Waals surface area contributed by atoms with Gasteiger partial charge in [-0.15, -0.1) is 0 Å². The maximum Gasteiger partial charge on any atom is 0.305 e. The van der Waals surface area contributed by atoms with Crippen LogP contribution in [0.25, 0.3) is 0 Å². The summed E-state index contributed by atoms with van der Waals surface area (Å²) in [5.41, 5.74) is 0. The summed E-state index contributed by atoms with van der Waals surface area (Å²) in [4.78, 5) is 24.5. The van der Waals surface area contributed by atoms with Gasteiger partial charge < -0.3 is 20.3 Å². The van der Waals surface area contributed by atoms with Gasteiger partial charge >= 0.3 is 5.97 Å². The summed E-state index contributed by atoms with van der Waals surface area (Å²) in [6, 6.07) is -0.538. The van der Waals surface area contributed by atoms with E-state index in [1.54, 1.807) is 0 Å². The zero-order chi connectivity index (χ0) is 52.2. The molecule has 0 bridgehead atoms. The smallest absolute Gasteiger partial charge is 0.305 e. The molecular weight excluding hydrogens is 887 g/mol. The van der Waals surface area contributed by atoms with Gasteiger partial charge in [0.2, 0.25) is 5.91 Å². The monoisotopic (exact) mass is 1010 g/mol. The molecule has 0 aromatic heterocycles. The van der Waals surface area contributed by atoms with Gasteiger partial charge in [0.15, 0.2) is 0 Å². The van der Waals surface area contributed by atoms with Crippen molar-refractivity contribution in [2.45, 2.75) is 373 Å². The number of amides is 1. The minimum Gasteiger partial charge on any atom is -0.466 e. The molecular formula is C66H127NO5. The summed E-state index contributed by atoms with van der Waals surface area (Å²) in [6.07, 6.45) is 76.3. The molecule has 0 saturated heterocycles. The Morgan fingerprint density at radius 1 is 0.389 bits per heavy atom. The highest BCUT2D eigenvalue weighted by molar-refractivity contribution is 5.76. The van der Waals surface area contributed by atoms with E-state index in [1.807, 2.05) is 0 Å². The van der Waals surface area contributed by atoms with E-state index >= 15 is 0 Å². The number of carbonyl (C=O) groups excluding carboxylic acids is 2. The summed E-state index contributed by atoms with van der Waals surface area (Å²) in [5.74, 6) is -0.0265. The lowest BCUT2D eigenvalue weighted by Crippen LogP contribution is -2.45. The molecule has 2 atom stereocenters. The Balaban J connectivity index is 3.34. The van der Waals surface area contributed by atoms with Crippen LogP contribution < -0.4 is 5.32 Å². The SMILES string of the molecule is CCCC/C=C\C/C=C\CCCCCCCC(=O)OCCCCCCCCCCCCCCCCCCCCCCCCCCCCCC(=O)NC(CO)C(O)CCCCCCCCCCCCCCCC. The molecule has 6 nitrogen and oxygen atoms in total. The molecule has 3 N–H and O–H groups in total. The third-order valence-corrected chi connectivity index (χ3v) is 15.3. The summed E-state index contributed by atoms with van der Waals surface area (Å²) < 4.78 is 5.48. The van der Waals surface area contributed by atoms with Gasteiger partial charge in [-0.3, -0.25) is 9.59 Å². The Morgan fingerprint density at radius 3 is 1.10 bits per heavy atom. The van der Waals surface area contributed by atoms with Crippen LogP contribution in [-0.4, -0.2) is 47.4 Å². The number of allylic oxidation sites excluding steroid dienone is 4. The molecule has 1 amide bonds. The van der Waals surface area contributed by atoms with Crippen LogP contribution in [0.3, 0.4) is 0 Å². The first kappa shape index (κ1) is 70.3. The number of ether oxygens (including phenoxy) is 1. The fourth-order valence-corrected chi connectivity index (χ4v) is 10.2. The van der Waals surface area contributed by atoms with Crippen LogP contribution in [0.4, 0.5) is 0 Å². The van der Waals surface area contributed by atoms with Crippen molar-refractivity contribution in [3.05, 3.63) is 24.3 Å². The highest BCUT2D eigenvalue weighted by Gasteiger charge is 2.20. The van der Waals surface area contributed by atoms with E-state index < -0.39 is 12.1 Å². The molecule has 2 unspecified atom stereocenters. The summed E-state index contributed by atoms with van der Waals surface area (Å²) >= 11 is 0. The van der Waals surface area contributed by atoms with Crippen LogP contribution in [0.5, 0.6) is 0 Å². The van der Waals surface area contributed by atoms with E-state index in [9.17, 15) is 19.8 Å². The first-order chi connectivity index (χ1) is 35.5. The average Bonchev–Trinajstić information content (AvgIpc) is 3.38. The highest BCUT2D eigenvalue weighted by atomic mass is 16.5. The number of aliphatic hydroxyl groups excluding tert-OH is 2. The number of rotatable bonds is 61. The second-order valence-corrected chi connectivity index (χ2v) is 22.5. The number of hydrogen-bond donors (Lipinski definition) is 3. The Bertz CT molecular complexity index is 1120. The Labute approximate surface area is 450 Å². The quantitative estimate of drug-likeness (QED) is 0.0320. The molecule has 0 fully saturated rings. The largest absolute Gasteiger partial charge is 0.466 e. The van der Waals surface area contributed by atoms with Crippen LogP contribution in [-0.2, 0) is 14.3 Å². The van der Waals surface area contributed by atoms with Crippen LogP contribution in [0, 0.1) is 0 Å². The summed E-state index contributed by atoms with van der Waals surface area (Å²) in [6.45, 7) is 4.93. The molecule has 0 aliphatic carbocycles. The minimum atomic E-state index is -0.661. The van der Waals surface area contributed by atoms with Crippen molar-refractivity contribution in [2.75, 3.05) is 13.2 Å². The molecule has 0 saturated carbocycles. The van der Waals surface area contributed by atoms with Gasteiger partial charge in [0.1, 0.15) is 0 Å². The molecule has 0 aromatic carbocycles. The van der Waals surface area contributed by atoms with E-state index in [4.69, 9.17) is 4.74 Å². The second-order valence-electron chi connectivity index (χ2n) is 22.5. The van der Waals surface area contributed by atoms with Gasteiger partial charge in [0.05, 0.1) is 25.4 Å². The fraction of sp³-hybridized carbons (Fsp3) is 0.909. The summed E-state index contributed by atoms with van der Waals surface area (Å²) in [7, 11) is 0. The highest BCUT2D eigenvalue weighted by Crippen LogP contribution is 2.18. The van der Waals surface area contributed by atoms with Crippen molar-refractivity contribution in [3.63, 3.8) is 0 Å². The van der Waals surface area contributed by atoms with Gasteiger partial charge in [-0.1, -0.05) is 321 Å². The normalized spacial score (nSPS) is 12.7. The maximum absolute atomic E-state index is 12.5. The van der Waals surface area contributed by atoms with Gasteiger partial charge in [0, 0.05) is 12.8 Å².